The number of hydrogen-bond acceptors (Lipinski definition) is 6. The Morgan fingerprint density at radius 3 is 1.35 bits per heavy atom. The van der Waals surface area contributed by atoms with Crippen LogP contribution in [0.3, 0.4) is 0 Å². The Morgan fingerprint density at radius 2 is 0.850 bits per heavy atom. The van der Waals surface area contributed by atoms with Gasteiger partial charge in [0, 0.05) is 57.8 Å². The van der Waals surface area contributed by atoms with Crippen LogP contribution in [-0.2, 0) is 0 Å². The van der Waals surface area contributed by atoms with Crippen LogP contribution < -0.4 is 4.90 Å². The number of amides is 2. The molecule has 0 unspecified atom stereocenters. The molecule has 1 aliphatic heterocycles. The molecule has 0 spiro atoms. The maximum atomic E-state index is 15.5. The minimum absolute atomic E-state index is 0.340. The Morgan fingerprint density at radius 1 is 0.367 bits per heavy atom. The summed E-state index contributed by atoms with van der Waals surface area (Å²) in [7, 11) is 0. The van der Waals surface area contributed by atoms with Crippen molar-refractivity contribution in [3.05, 3.63) is 206 Å². The molecule has 0 saturated carbocycles. The number of benzene rings is 7. The summed E-state index contributed by atoms with van der Waals surface area (Å²) in [6.07, 6.45) is 10.2. The molecule has 0 aliphatic carbocycles. The molecule has 4 heterocycles. The molecule has 0 atom stereocenters. The second-order valence-electron chi connectivity index (χ2n) is 14.7. The topological polar surface area (TPSA) is 93.9 Å². The summed E-state index contributed by atoms with van der Waals surface area (Å²) in [6, 6.07) is 52.3. The van der Waals surface area contributed by atoms with Crippen LogP contribution in [0.1, 0.15) is 20.7 Å². The Labute approximate surface area is 344 Å². The fourth-order valence-electron chi connectivity index (χ4n) is 8.54. The lowest BCUT2D eigenvalue weighted by atomic mass is 9.90. The molecule has 8 heteroatoms. The van der Waals surface area contributed by atoms with Crippen molar-refractivity contribution in [2.24, 2.45) is 0 Å². The van der Waals surface area contributed by atoms with Gasteiger partial charge in [-0.15, -0.1) is 0 Å². The molecule has 0 radical (unpaired) electrons. The molecule has 0 N–H and O–H groups in total. The smallest absolute Gasteiger partial charge is 0.268 e. The van der Waals surface area contributed by atoms with Crippen molar-refractivity contribution in [3.8, 4) is 61.3 Å². The van der Waals surface area contributed by atoms with Gasteiger partial charge >= 0.3 is 0 Å². The van der Waals surface area contributed by atoms with Crippen LogP contribution in [0.25, 0.3) is 83.1 Å². The molecule has 1 aliphatic rings. The van der Waals surface area contributed by atoms with Gasteiger partial charge in [0.15, 0.2) is 0 Å². The monoisotopic (exact) mass is 772 g/mol. The van der Waals surface area contributed by atoms with Crippen molar-refractivity contribution < 1.29 is 9.59 Å². The van der Waals surface area contributed by atoms with E-state index in [4.69, 9.17) is 0 Å². The van der Waals surface area contributed by atoms with Crippen LogP contribution in [0, 0.1) is 0 Å². The standard InChI is InChI=1S/C52H32N6O2/c59-51-41-17-10-18-48(57-46-21-19-36(39-27-53-31-54-28-39)23-44(46)45-24-37(20-22-47(45)57)40-29-55-32-56-30-40)49(41)52(60)58(51)50-42(34-13-6-2-7-14-34)25-38(33-11-4-1-5-12-33)26-43(50)35-15-8-3-9-16-35/h1-32H. The van der Waals surface area contributed by atoms with Crippen LogP contribution in [0.4, 0.5) is 5.69 Å². The molecule has 0 saturated heterocycles. The molecule has 0 bridgehead atoms. The van der Waals surface area contributed by atoms with Gasteiger partial charge in [-0.1, -0.05) is 109 Å². The lowest BCUT2D eigenvalue weighted by Gasteiger charge is -2.24. The molecule has 10 aromatic rings. The fourth-order valence-corrected chi connectivity index (χ4v) is 8.54. The number of fused-ring (bicyclic) bond motifs is 4. The highest BCUT2D eigenvalue weighted by Crippen LogP contribution is 2.47. The van der Waals surface area contributed by atoms with E-state index in [9.17, 15) is 0 Å². The van der Waals surface area contributed by atoms with Crippen LogP contribution in [0.5, 0.6) is 0 Å². The summed E-state index contributed by atoms with van der Waals surface area (Å²) >= 11 is 0. The van der Waals surface area contributed by atoms with Gasteiger partial charge in [0.25, 0.3) is 11.8 Å². The van der Waals surface area contributed by atoms with Gasteiger partial charge in [0.2, 0.25) is 0 Å². The number of nitrogens with zero attached hydrogens (tertiary/aromatic N) is 6. The first-order valence-electron chi connectivity index (χ1n) is 19.6. The summed E-state index contributed by atoms with van der Waals surface area (Å²) in [4.78, 5) is 49.0. The minimum atomic E-state index is -0.390. The number of anilines is 1. The predicted octanol–water partition coefficient (Wildman–Crippen LogP) is 11.5. The third-order valence-electron chi connectivity index (χ3n) is 11.3. The van der Waals surface area contributed by atoms with E-state index in [0.29, 0.717) is 22.5 Å². The van der Waals surface area contributed by atoms with Crippen molar-refractivity contribution in [2.75, 3.05) is 4.90 Å². The van der Waals surface area contributed by atoms with Crippen LogP contribution >= 0.6 is 0 Å². The summed E-state index contributed by atoms with van der Waals surface area (Å²) in [5.74, 6) is -0.768. The lowest BCUT2D eigenvalue weighted by molar-refractivity contribution is 0.0926. The van der Waals surface area contributed by atoms with Crippen molar-refractivity contribution >= 4 is 39.3 Å². The Balaban J connectivity index is 1.15. The number of imide groups is 1. The van der Waals surface area contributed by atoms with E-state index in [0.717, 1.165) is 77.4 Å². The zero-order chi connectivity index (χ0) is 40.2. The average Bonchev–Trinajstić information content (AvgIpc) is 3.78. The van der Waals surface area contributed by atoms with Crippen molar-refractivity contribution in [1.29, 1.82) is 0 Å². The Kier molecular flexibility index (Phi) is 8.27. The third kappa shape index (κ3) is 5.69. The quantitative estimate of drug-likeness (QED) is 0.150. The summed E-state index contributed by atoms with van der Waals surface area (Å²) in [6.45, 7) is 0. The number of carbonyl (C=O) groups is 2. The van der Waals surface area contributed by atoms with E-state index < -0.39 is 5.91 Å². The Bertz CT molecular complexity index is 3120. The Hall–Kier alpha value is -8.36. The van der Waals surface area contributed by atoms with Gasteiger partial charge in [-0.25, -0.2) is 24.8 Å². The van der Waals surface area contributed by atoms with Gasteiger partial charge < -0.3 is 4.57 Å². The van der Waals surface area contributed by atoms with Gasteiger partial charge in [0.05, 0.1) is 33.5 Å². The minimum Gasteiger partial charge on any atom is -0.308 e. The largest absolute Gasteiger partial charge is 0.308 e. The maximum Gasteiger partial charge on any atom is 0.268 e. The molecule has 7 aromatic carbocycles. The van der Waals surface area contributed by atoms with Crippen molar-refractivity contribution in [1.82, 2.24) is 24.5 Å². The third-order valence-corrected chi connectivity index (χ3v) is 11.3. The predicted molar refractivity (Wildman–Crippen MR) is 237 cm³/mol. The van der Waals surface area contributed by atoms with Crippen molar-refractivity contribution in [2.45, 2.75) is 0 Å². The highest BCUT2D eigenvalue weighted by molar-refractivity contribution is 6.37. The molecule has 3 aromatic heterocycles. The normalized spacial score (nSPS) is 12.4. The summed E-state index contributed by atoms with van der Waals surface area (Å²) < 4.78 is 2.10. The van der Waals surface area contributed by atoms with E-state index in [1.54, 1.807) is 30.9 Å². The number of carbonyl (C=O) groups excluding carboxylic acids is 2. The molecule has 11 rings (SSSR count). The molecule has 2 amide bonds. The van der Waals surface area contributed by atoms with Crippen LogP contribution in [0.15, 0.2) is 195 Å². The van der Waals surface area contributed by atoms with Gasteiger partial charge in [-0.2, -0.15) is 0 Å². The van der Waals surface area contributed by atoms with E-state index >= 15 is 9.59 Å². The number of rotatable bonds is 7. The van der Waals surface area contributed by atoms with E-state index in [2.05, 4.69) is 73.0 Å². The molecular weight excluding hydrogens is 741 g/mol. The van der Waals surface area contributed by atoms with Gasteiger partial charge in [0.1, 0.15) is 12.7 Å². The summed E-state index contributed by atoms with van der Waals surface area (Å²) in [5.41, 5.74) is 12.6. The number of hydrogen-bond donors (Lipinski definition) is 0. The highest BCUT2D eigenvalue weighted by Gasteiger charge is 2.41. The van der Waals surface area contributed by atoms with Crippen LogP contribution in [0.2, 0.25) is 0 Å². The zero-order valence-corrected chi connectivity index (χ0v) is 32.0. The summed E-state index contributed by atoms with van der Waals surface area (Å²) in [5, 5.41) is 1.93. The first-order chi connectivity index (χ1) is 29.6. The van der Waals surface area contributed by atoms with Crippen LogP contribution in [-0.4, -0.2) is 36.3 Å². The van der Waals surface area contributed by atoms with E-state index in [1.807, 2.05) is 103 Å². The maximum absolute atomic E-state index is 15.5. The van der Waals surface area contributed by atoms with E-state index in [1.165, 1.54) is 17.6 Å². The first kappa shape index (κ1) is 34.9. The lowest BCUT2D eigenvalue weighted by Crippen LogP contribution is -2.30. The molecule has 282 valence electrons. The van der Waals surface area contributed by atoms with E-state index in [-0.39, 0.29) is 5.91 Å². The molecule has 0 fully saturated rings. The first-order valence-corrected chi connectivity index (χ1v) is 19.6. The highest BCUT2D eigenvalue weighted by atomic mass is 16.2. The number of aromatic nitrogens is 5. The second kappa shape index (κ2) is 14.2. The molecule has 8 nitrogen and oxygen atoms in total. The second-order valence-corrected chi connectivity index (χ2v) is 14.7. The fraction of sp³-hybridized carbons (Fsp3) is 0. The zero-order valence-electron chi connectivity index (χ0n) is 32.0. The van der Waals surface area contributed by atoms with Crippen molar-refractivity contribution in [3.63, 3.8) is 0 Å². The SMILES string of the molecule is O=C1c2cccc(-n3c4ccc(-c5cncnc5)cc4c4cc(-c5cncnc5)ccc43)c2C(=O)N1c1c(-c2ccccc2)cc(-c2ccccc2)cc1-c1ccccc1. The molecular formula is C52H32N6O2. The molecule has 60 heavy (non-hydrogen) atoms. The van der Waals surface area contributed by atoms with Gasteiger partial charge in [-0.3, -0.25) is 9.59 Å². The average molecular weight is 773 g/mol. The van der Waals surface area contributed by atoms with Gasteiger partial charge in [-0.05, 0) is 81.9 Å².